The molecule has 0 bridgehead atoms. The zero-order valence-corrected chi connectivity index (χ0v) is 9.57. The fourth-order valence-corrected chi connectivity index (χ4v) is 2.14. The van der Waals surface area contributed by atoms with Gasteiger partial charge in [-0.3, -0.25) is 4.79 Å². The number of unbranched alkanes of at least 4 members (excludes halogenated alkanes) is 3. The van der Waals surface area contributed by atoms with Crippen LogP contribution in [0.5, 0.6) is 0 Å². The highest BCUT2D eigenvalue weighted by Gasteiger charge is 2.16. The summed E-state index contributed by atoms with van der Waals surface area (Å²) in [6, 6.07) is 0. The van der Waals surface area contributed by atoms with Gasteiger partial charge in [-0.1, -0.05) is 31.8 Å². The summed E-state index contributed by atoms with van der Waals surface area (Å²) in [5, 5.41) is 0. The Morgan fingerprint density at radius 3 is 2.57 bits per heavy atom. The highest BCUT2D eigenvalue weighted by molar-refractivity contribution is 5.96. The lowest BCUT2D eigenvalue weighted by atomic mass is 10.0. The van der Waals surface area contributed by atoms with Gasteiger partial charge in [-0.25, -0.2) is 0 Å². The third-order valence-electron chi connectivity index (χ3n) is 3.09. The van der Waals surface area contributed by atoms with E-state index in [4.69, 9.17) is 0 Å². The topological polar surface area (TPSA) is 17.1 Å². The molecule has 0 fully saturated rings. The number of carbonyl (C=O) groups excluding carboxylic acids is 1. The predicted molar refractivity (Wildman–Crippen MR) is 60.3 cm³/mol. The first-order chi connectivity index (χ1) is 6.75. The third-order valence-corrected chi connectivity index (χ3v) is 3.09. The Kier molecular flexibility index (Phi) is 4.92. The molecule has 0 saturated heterocycles. The molecule has 1 rings (SSSR count). The van der Waals surface area contributed by atoms with Crippen LogP contribution in [-0.2, 0) is 4.79 Å². The number of rotatable bonds is 6. The van der Waals surface area contributed by atoms with Crippen LogP contribution in [0.4, 0.5) is 0 Å². The van der Waals surface area contributed by atoms with Gasteiger partial charge < -0.3 is 0 Å². The monoisotopic (exact) mass is 194 g/mol. The smallest absolute Gasteiger partial charge is 0.158 e. The van der Waals surface area contributed by atoms with Gasteiger partial charge in [-0.2, -0.15) is 0 Å². The maximum atomic E-state index is 11.8. The van der Waals surface area contributed by atoms with Crippen molar-refractivity contribution in [1.29, 1.82) is 0 Å². The van der Waals surface area contributed by atoms with E-state index >= 15 is 0 Å². The standard InChI is InChI=1S/C13H22O/c1-3-4-5-6-10-13(14)12-9-7-8-11(12)2/h3-10H2,1-2H3. The highest BCUT2D eigenvalue weighted by Crippen LogP contribution is 2.27. The molecule has 0 spiro atoms. The van der Waals surface area contributed by atoms with Crippen LogP contribution in [0.15, 0.2) is 11.1 Å². The van der Waals surface area contributed by atoms with E-state index in [9.17, 15) is 4.79 Å². The van der Waals surface area contributed by atoms with Gasteiger partial charge in [0.15, 0.2) is 5.78 Å². The molecule has 0 aromatic carbocycles. The first-order valence-corrected chi connectivity index (χ1v) is 5.97. The van der Waals surface area contributed by atoms with E-state index in [1.165, 1.54) is 31.3 Å². The number of ketones is 1. The number of hydrogen-bond donors (Lipinski definition) is 0. The number of allylic oxidation sites excluding steroid dienone is 2. The lowest BCUT2D eigenvalue weighted by Crippen LogP contribution is -2.01. The molecular weight excluding hydrogens is 172 g/mol. The second-order valence-corrected chi connectivity index (χ2v) is 4.35. The minimum absolute atomic E-state index is 0.427. The van der Waals surface area contributed by atoms with Crippen molar-refractivity contribution in [3.05, 3.63) is 11.1 Å². The summed E-state index contributed by atoms with van der Waals surface area (Å²) >= 11 is 0. The molecule has 0 aromatic heterocycles. The molecule has 0 unspecified atom stereocenters. The second kappa shape index (κ2) is 6.00. The van der Waals surface area contributed by atoms with E-state index in [0.717, 1.165) is 31.3 Å². The predicted octanol–water partition coefficient (Wildman–Crippen LogP) is 4.03. The molecule has 0 radical (unpaired) electrons. The molecule has 1 aliphatic rings. The number of carbonyl (C=O) groups is 1. The van der Waals surface area contributed by atoms with Crippen molar-refractivity contribution in [2.75, 3.05) is 0 Å². The van der Waals surface area contributed by atoms with Crippen LogP contribution in [0.2, 0.25) is 0 Å². The van der Waals surface area contributed by atoms with E-state index in [2.05, 4.69) is 13.8 Å². The first-order valence-electron chi connectivity index (χ1n) is 5.97. The second-order valence-electron chi connectivity index (χ2n) is 4.35. The van der Waals surface area contributed by atoms with Crippen LogP contribution in [0, 0.1) is 0 Å². The average Bonchev–Trinajstić information content (AvgIpc) is 2.59. The Morgan fingerprint density at radius 2 is 2.00 bits per heavy atom. The summed E-state index contributed by atoms with van der Waals surface area (Å²) in [4.78, 5) is 11.8. The van der Waals surface area contributed by atoms with E-state index in [0.29, 0.717) is 5.78 Å². The van der Waals surface area contributed by atoms with E-state index in [1.54, 1.807) is 0 Å². The molecule has 0 aromatic rings. The summed E-state index contributed by atoms with van der Waals surface area (Å²) in [6.45, 7) is 4.32. The zero-order valence-electron chi connectivity index (χ0n) is 9.57. The van der Waals surface area contributed by atoms with Gasteiger partial charge in [0, 0.05) is 6.42 Å². The fraction of sp³-hybridized carbons (Fsp3) is 0.769. The molecule has 0 aliphatic heterocycles. The Balaban J connectivity index is 2.25. The van der Waals surface area contributed by atoms with Crippen LogP contribution in [0.1, 0.15) is 65.2 Å². The summed E-state index contributed by atoms with van der Waals surface area (Å²) in [6.07, 6.45) is 8.99. The van der Waals surface area contributed by atoms with Gasteiger partial charge in [0.05, 0.1) is 0 Å². The summed E-state index contributed by atoms with van der Waals surface area (Å²) in [5.74, 6) is 0.427. The van der Waals surface area contributed by atoms with Crippen molar-refractivity contribution in [3.63, 3.8) is 0 Å². The molecule has 0 amide bonds. The van der Waals surface area contributed by atoms with Crippen molar-refractivity contribution in [2.24, 2.45) is 0 Å². The van der Waals surface area contributed by atoms with Crippen LogP contribution in [0.25, 0.3) is 0 Å². The van der Waals surface area contributed by atoms with E-state index in [1.807, 2.05) is 0 Å². The number of hydrogen-bond acceptors (Lipinski definition) is 1. The van der Waals surface area contributed by atoms with Crippen molar-refractivity contribution < 1.29 is 4.79 Å². The maximum Gasteiger partial charge on any atom is 0.158 e. The minimum atomic E-state index is 0.427. The molecular formula is C13H22O. The minimum Gasteiger partial charge on any atom is -0.295 e. The highest BCUT2D eigenvalue weighted by atomic mass is 16.1. The fourth-order valence-electron chi connectivity index (χ4n) is 2.14. The largest absolute Gasteiger partial charge is 0.295 e. The molecule has 0 N–H and O–H groups in total. The van der Waals surface area contributed by atoms with Gasteiger partial charge >= 0.3 is 0 Å². The van der Waals surface area contributed by atoms with Gasteiger partial charge in [-0.05, 0) is 38.2 Å². The normalized spacial score (nSPS) is 16.4. The van der Waals surface area contributed by atoms with Crippen molar-refractivity contribution >= 4 is 5.78 Å². The Labute approximate surface area is 87.6 Å². The molecule has 1 aliphatic carbocycles. The molecule has 1 nitrogen and oxygen atoms in total. The van der Waals surface area contributed by atoms with Crippen molar-refractivity contribution in [1.82, 2.24) is 0 Å². The van der Waals surface area contributed by atoms with Crippen LogP contribution in [0.3, 0.4) is 0 Å². The zero-order chi connectivity index (χ0) is 10.4. The number of Topliss-reactive ketones (excluding diaryl/α,β-unsaturated/α-hetero) is 1. The molecule has 0 atom stereocenters. The van der Waals surface area contributed by atoms with Crippen LogP contribution < -0.4 is 0 Å². The Hall–Kier alpha value is -0.590. The van der Waals surface area contributed by atoms with Crippen LogP contribution in [-0.4, -0.2) is 5.78 Å². The van der Waals surface area contributed by atoms with Crippen LogP contribution >= 0.6 is 0 Å². The molecule has 0 saturated carbocycles. The summed E-state index contributed by atoms with van der Waals surface area (Å²) < 4.78 is 0. The van der Waals surface area contributed by atoms with Crippen molar-refractivity contribution in [2.45, 2.75) is 65.2 Å². The van der Waals surface area contributed by atoms with E-state index < -0.39 is 0 Å². The SMILES string of the molecule is CCCCCCC(=O)C1=C(C)CCC1. The molecule has 14 heavy (non-hydrogen) atoms. The quantitative estimate of drug-likeness (QED) is 0.583. The molecule has 1 heteroatoms. The third kappa shape index (κ3) is 3.28. The summed E-state index contributed by atoms with van der Waals surface area (Å²) in [7, 11) is 0. The maximum absolute atomic E-state index is 11.8. The van der Waals surface area contributed by atoms with Crippen molar-refractivity contribution in [3.8, 4) is 0 Å². The van der Waals surface area contributed by atoms with Gasteiger partial charge in [0.1, 0.15) is 0 Å². The van der Waals surface area contributed by atoms with Gasteiger partial charge in [0.2, 0.25) is 0 Å². The Bertz CT molecular complexity index is 225. The molecule has 80 valence electrons. The Morgan fingerprint density at radius 1 is 1.21 bits per heavy atom. The van der Waals surface area contributed by atoms with Gasteiger partial charge in [-0.15, -0.1) is 0 Å². The lowest BCUT2D eigenvalue weighted by Gasteiger charge is -2.02. The summed E-state index contributed by atoms with van der Waals surface area (Å²) in [5.41, 5.74) is 2.51. The van der Waals surface area contributed by atoms with E-state index in [-0.39, 0.29) is 0 Å². The average molecular weight is 194 g/mol. The lowest BCUT2D eigenvalue weighted by molar-refractivity contribution is -0.115. The molecule has 0 heterocycles. The van der Waals surface area contributed by atoms with Gasteiger partial charge in [0.25, 0.3) is 0 Å². The first kappa shape index (κ1) is 11.5.